The molecule has 1 rings (SSSR count). The van der Waals surface area contributed by atoms with Gasteiger partial charge in [-0.15, -0.1) is 0 Å². The summed E-state index contributed by atoms with van der Waals surface area (Å²) in [4.78, 5) is 0. The Bertz CT molecular complexity index is 83.8. The molecule has 2 unspecified atom stereocenters. The first-order valence-electron chi connectivity index (χ1n) is 5.08. The largest absolute Gasteiger partial charge is 0.380 e. The van der Waals surface area contributed by atoms with E-state index in [1.54, 1.807) is 7.11 Å². The molecule has 74 valence electrons. The molecule has 2 heteroatoms. The van der Waals surface area contributed by atoms with E-state index in [1.165, 1.54) is 25.7 Å². The summed E-state index contributed by atoms with van der Waals surface area (Å²) >= 11 is 0. The summed E-state index contributed by atoms with van der Waals surface area (Å²) in [7, 11) is 3.82. The van der Waals surface area contributed by atoms with Crippen LogP contribution in [0.3, 0.4) is 0 Å². The number of ether oxygens (including phenoxy) is 1. The fourth-order valence-electron chi connectivity index (χ4n) is 1.71. The van der Waals surface area contributed by atoms with Gasteiger partial charge >= 0.3 is 0 Å². The molecule has 1 saturated carbocycles. The Kier molecular flexibility index (Phi) is 7.51. The quantitative estimate of drug-likeness (QED) is 0.691. The third-order valence-electron chi connectivity index (χ3n) is 2.38. The van der Waals surface area contributed by atoms with Crippen molar-refractivity contribution in [1.82, 2.24) is 5.32 Å². The van der Waals surface area contributed by atoms with E-state index in [0.717, 1.165) is 0 Å². The van der Waals surface area contributed by atoms with Crippen LogP contribution in [0.4, 0.5) is 0 Å². The number of rotatable bonds is 2. The van der Waals surface area contributed by atoms with Crippen LogP contribution in [0.1, 0.15) is 39.5 Å². The van der Waals surface area contributed by atoms with Crippen LogP contribution in [-0.4, -0.2) is 26.3 Å². The Morgan fingerprint density at radius 3 is 2.17 bits per heavy atom. The highest BCUT2D eigenvalue weighted by Crippen LogP contribution is 2.19. The molecule has 0 radical (unpaired) electrons. The van der Waals surface area contributed by atoms with Gasteiger partial charge in [0.05, 0.1) is 6.10 Å². The molecule has 12 heavy (non-hydrogen) atoms. The summed E-state index contributed by atoms with van der Waals surface area (Å²) in [5, 5.41) is 3.28. The molecule has 2 nitrogen and oxygen atoms in total. The van der Waals surface area contributed by atoms with Crippen LogP contribution < -0.4 is 5.32 Å². The second-order valence-corrected chi connectivity index (χ2v) is 2.95. The molecule has 1 N–H and O–H groups in total. The van der Waals surface area contributed by atoms with E-state index in [1.807, 2.05) is 20.9 Å². The molecule has 1 aliphatic rings. The van der Waals surface area contributed by atoms with Crippen molar-refractivity contribution in [2.45, 2.75) is 51.7 Å². The van der Waals surface area contributed by atoms with Crippen molar-refractivity contribution < 1.29 is 4.74 Å². The van der Waals surface area contributed by atoms with Gasteiger partial charge < -0.3 is 10.1 Å². The van der Waals surface area contributed by atoms with Crippen LogP contribution >= 0.6 is 0 Å². The van der Waals surface area contributed by atoms with Crippen molar-refractivity contribution in [3.63, 3.8) is 0 Å². The number of hydrogen-bond donors (Lipinski definition) is 1. The van der Waals surface area contributed by atoms with Gasteiger partial charge in [-0.05, 0) is 19.9 Å². The molecule has 0 aromatic heterocycles. The van der Waals surface area contributed by atoms with E-state index in [4.69, 9.17) is 4.74 Å². The molecule has 0 aromatic carbocycles. The lowest BCUT2D eigenvalue weighted by Crippen LogP contribution is -2.41. The molecule has 1 aliphatic carbocycles. The molecule has 1 fully saturated rings. The standard InChI is InChI=1S/C8H17NO.C2H6/c1-9-7-5-3-4-6-8(7)10-2;1-2/h7-9H,3-6H2,1-2H3;1-2H3. The van der Waals surface area contributed by atoms with Gasteiger partial charge in [0.1, 0.15) is 0 Å². The number of hydrogen-bond acceptors (Lipinski definition) is 2. The van der Waals surface area contributed by atoms with Gasteiger partial charge in [0.25, 0.3) is 0 Å². The lowest BCUT2D eigenvalue weighted by atomic mass is 9.93. The van der Waals surface area contributed by atoms with E-state index >= 15 is 0 Å². The monoisotopic (exact) mass is 173 g/mol. The Hall–Kier alpha value is -0.0800. The predicted octanol–water partition coefficient (Wildman–Crippen LogP) is 2.19. The molecule has 0 heterocycles. The van der Waals surface area contributed by atoms with E-state index in [-0.39, 0.29) is 0 Å². The number of nitrogens with one attached hydrogen (secondary N) is 1. The normalized spacial score (nSPS) is 29.0. The summed E-state index contributed by atoms with van der Waals surface area (Å²) in [6.07, 6.45) is 5.64. The first-order valence-corrected chi connectivity index (χ1v) is 5.08. The van der Waals surface area contributed by atoms with Crippen molar-refractivity contribution in [3.05, 3.63) is 0 Å². The SMILES string of the molecule is CC.CNC1CCCCC1OC. The zero-order valence-corrected chi connectivity index (χ0v) is 8.89. The minimum atomic E-state index is 0.457. The third-order valence-corrected chi connectivity index (χ3v) is 2.38. The van der Waals surface area contributed by atoms with Crippen molar-refractivity contribution in [2.75, 3.05) is 14.2 Å². The fraction of sp³-hybridized carbons (Fsp3) is 1.00. The van der Waals surface area contributed by atoms with Crippen molar-refractivity contribution in [2.24, 2.45) is 0 Å². The lowest BCUT2D eigenvalue weighted by Gasteiger charge is -2.29. The highest BCUT2D eigenvalue weighted by molar-refractivity contribution is 4.79. The van der Waals surface area contributed by atoms with Crippen molar-refractivity contribution in [1.29, 1.82) is 0 Å². The second-order valence-electron chi connectivity index (χ2n) is 2.95. The Balaban J connectivity index is 0.000000561. The summed E-state index contributed by atoms with van der Waals surface area (Å²) in [5.74, 6) is 0. The third kappa shape index (κ3) is 3.55. The molecule has 0 bridgehead atoms. The summed E-state index contributed by atoms with van der Waals surface area (Å²) in [5.41, 5.74) is 0. The summed E-state index contributed by atoms with van der Waals surface area (Å²) in [6, 6.07) is 0.596. The van der Waals surface area contributed by atoms with Crippen LogP contribution in [0.15, 0.2) is 0 Å². The molecule has 0 aromatic rings. The first-order chi connectivity index (χ1) is 5.88. The number of methoxy groups -OCH3 is 1. The van der Waals surface area contributed by atoms with Crippen molar-refractivity contribution >= 4 is 0 Å². The first kappa shape index (κ1) is 11.9. The second kappa shape index (κ2) is 7.56. The van der Waals surface area contributed by atoms with Crippen LogP contribution in [-0.2, 0) is 4.74 Å². The fourth-order valence-corrected chi connectivity index (χ4v) is 1.71. The highest BCUT2D eigenvalue weighted by Gasteiger charge is 2.22. The molecule has 2 atom stereocenters. The Morgan fingerprint density at radius 1 is 1.17 bits per heavy atom. The number of likely N-dealkylation sites (N-methyl/N-ethyl adjacent to an activating group) is 1. The maximum absolute atomic E-state index is 5.33. The van der Waals surface area contributed by atoms with Gasteiger partial charge in [0.15, 0.2) is 0 Å². The maximum Gasteiger partial charge on any atom is 0.0724 e. The van der Waals surface area contributed by atoms with Crippen LogP contribution in [0, 0.1) is 0 Å². The van der Waals surface area contributed by atoms with Crippen LogP contribution in [0.25, 0.3) is 0 Å². The van der Waals surface area contributed by atoms with Gasteiger partial charge in [0, 0.05) is 13.2 Å². The minimum Gasteiger partial charge on any atom is -0.380 e. The Morgan fingerprint density at radius 2 is 1.75 bits per heavy atom. The minimum absolute atomic E-state index is 0.457. The topological polar surface area (TPSA) is 21.3 Å². The van der Waals surface area contributed by atoms with Gasteiger partial charge in [-0.2, -0.15) is 0 Å². The average molecular weight is 173 g/mol. The van der Waals surface area contributed by atoms with Gasteiger partial charge in [-0.25, -0.2) is 0 Å². The molecule has 0 aliphatic heterocycles. The van der Waals surface area contributed by atoms with E-state index < -0.39 is 0 Å². The lowest BCUT2D eigenvalue weighted by molar-refractivity contribution is 0.0445. The smallest absolute Gasteiger partial charge is 0.0724 e. The highest BCUT2D eigenvalue weighted by atomic mass is 16.5. The summed E-state index contributed by atoms with van der Waals surface area (Å²) < 4.78 is 5.33. The summed E-state index contributed by atoms with van der Waals surface area (Å²) in [6.45, 7) is 4.00. The predicted molar refractivity (Wildman–Crippen MR) is 53.5 cm³/mol. The zero-order chi connectivity index (χ0) is 9.40. The van der Waals surface area contributed by atoms with Gasteiger partial charge in [-0.3, -0.25) is 0 Å². The molecular formula is C10H23NO. The van der Waals surface area contributed by atoms with E-state index in [9.17, 15) is 0 Å². The molecule has 0 spiro atoms. The van der Waals surface area contributed by atoms with Gasteiger partial charge in [0.2, 0.25) is 0 Å². The van der Waals surface area contributed by atoms with E-state index in [2.05, 4.69) is 5.32 Å². The van der Waals surface area contributed by atoms with E-state index in [0.29, 0.717) is 12.1 Å². The zero-order valence-electron chi connectivity index (χ0n) is 8.89. The average Bonchev–Trinajstić information content (AvgIpc) is 2.20. The molecular weight excluding hydrogens is 150 g/mol. The molecule has 0 saturated heterocycles. The Labute approximate surface area is 76.7 Å². The molecule has 0 amide bonds. The van der Waals surface area contributed by atoms with Crippen LogP contribution in [0.2, 0.25) is 0 Å². The van der Waals surface area contributed by atoms with Crippen LogP contribution in [0.5, 0.6) is 0 Å². The van der Waals surface area contributed by atoms with Gasteiger partial charge in [-0.1, -0.05) is 26.7 Å². The van der Waals surface area contributed by atoms with Crippen molar-refractivity contribution in [3.8, 4) is 0 Å². The maximum atomic E-state index is 5.33.